The van der Waals surface area contributed by atoms with Crippen molar-refractivity contribution in [1.82, 2.24) is 10.2 Å². The van der Waals surface area contributed by atoms with E-state index in [1.807, 2.05) is 0 Å². The summed E-state index contributed by atoms with van der Waals surface area (Å²) < 4.78 is 0. The lowest BCUT2D eigenvalue weighted by atomic mass is 9.99. The first-order valence-corrected chi connectivity index (χ1v) is 6.99. The molecule has 1 rings (SSSR count). The van der Waals surface area contributed by atoms with Gasteiger partial charge >= 0.3 is 0 Å². The fourth-order valence-corrected chi connectivity index (χ4v) is 2.74. The summed E-state index contributed by atoms with van der Waals surface area (Å²) >= 11 is 0. The lowest BCUT2D eigenvalue weighted by Gasteiger charge is -2.23. The van der Waals surface area contributed by atoms with E-state index in [1.165, 1.54) is 45.2 Å². The molecule has 96 valence electrons. The maximum Gasteiger partial charge on any atom is 0.00928 e. The molecule has 0 aromatic heterocycles. The molecule has 0 heterocycles. The number of hydrogen-bond acceptors (Lipinski definition) is 2. The fourth-order valence-electron chi connectivity index (χ4n) is 2.74. The maximum atomic E-state index is 3.47. The summed E-state index contributed by atoms with van der Waals surface area (Å²) in [5, 5.41) is 3.47. The lowest BCUT2D eigenvalue weighted by Crippen LogP contribution is -2.32. The molecule has 1 aliphatic rings. The number of rotatable bonds is 7. The summed E-state index contributed by atoms with van der Waals surface area (Å²) in [7, 11) is 4.39. The summed E-state index contributed by atoms with van der Waals surface area (Å²) in [6, 6.07) is 0.790. The molecule has 2 nitrogen and oxygen atoms in total. The third kappa shape index (κ3) is 4.84. The average molecular weight is 226 g/mol. The maximum absolute atomic E-state index is 3.47. The molecule has 2 heteroatoms. The Kier molecular flexibility index (Phi) is 6.37. The van der Waals surface area contributed by atoms with Gasteiger partial charge in [-0.15, -0.1) is 0 Å². The van der Waals surface area contributed by atoms with E-state index in [4.69, 9.17) is 0 Å². The summed E-state index contributed by atoms with van der Waals surface area (Å²) in [6.07, 6.45) is 6.95. The van der Waals surface area contributed by atoms with E-state index >= 15 is 0 Å². The lowest BCUT2D eigenvalue weighted by molar-refractivity contribution is 0.271. The van der Waals surface area contributed by atoms with Crippen LogP contribution in [0.2, 0.25) is 0 Å². The molecule has 1 fully saturated rings. The molecule has 2 atom stereocenters. The summed E-state index contributed by atoms with van der Waals surface area (Å²) in [5.74, 6) is 1.76. The Hall–Kier alpha value is -0.0800. The first-order valence-electron chi connectivity index (χ1n) is 6.99. The van der Waals surface area contributed by atoms with E-state index in [-0.39, 0.29) is 0 Å². The van der Waals surface area contributed by atoms with Gasteiger partial charge in [-0.05, 0) is 64.7 Å². The highest BCUT2D eigenvalue weighted by atomic mass is 15.1. The van der Waals surface area contributed by atoms with Crippen LogP contribution in [-0.2, 0) is 0 Å². The first kappa shape index (κ1) is 14.0. The van der Waals surface area contributed by atoms with Crippen molar-refractivity contribution in [3.63, 3.8) is 0 Å². The third-order valence-corrected chi connectivity index (χ3v) is 4.00. The van der Waals surface area contributed by atoms with Crippen LogP contribution in [0.3, 0.4) is 0 Å². The van der Waals surface area contributed by atoms with Crippen molar-refractivity contribution < 1.29 is 0 Å². The van der Waals surface area contributed by atoms with Crippen molar-refractivity contribution in [3.8, 4) is 0 Å². The zero-order valence-electron chi connectivity index (χ0n) is 11.6. The molecule has 1 saturated carbocycles. The quantitative estimate of drug-likeness (QED) is 0.718. The highest BCUT2D eigenvalue weighted by Gasteiger charge is 2.25. The van der Waals surface area contributed by atoms with Gasteiger partial charge in [0.05, 0.1) is 0 Å². The van der Waals surface area contributed by atoms with E-state index in [9.17, 15) is 0 Å². The van der Waals surface area contributed by atoms with Crippen molar-refractivity contribution >= 4 is 0 Å². The second-order valence-electron chi connectivity index (χ2n) is 5.86. The largest absolute Gasteiger partial charge is 0.317 e. The van der Waals surface area contributed by atoms with Crippen LogP contribution < -0.4 is 5.32 Å². The Labute approximate surface area is 102 Å². The first-order chi connectivity index (χ1) is 7.63. The van der Waals surface area contributed by atoms with Crippen molar-refractivity contribution in [2.75, 3.05) is 27.2 Å². The molecule has 0 bridgehead atoms. The zero-order valence-corrected chi connectivity index (χ0v) is 11.6. The van der Waals surface area contributed by atoms with Crippen LogP contribution in [0.5, 0.6) is 0 Å². The molecule has 0 radical (unpaired) electrons. The standard InChI is InChI=1S/C14H30N2/c1-12(2)8-10-16(4)11-9-13-6-5-7-14(13)15-3/h12-15H,5-11H2,1-4H3. The van der Waals surface area contributed by atoms with E-state index in [0.717, 1.165) is 17.9 Å². The molecule has 0 saturated heterocycles. The minimum atomic E-state index is 0.790. The van der Waals surface area contributed by atoms with Gasteiger partial charge in [-0.1, -0.05) is 20.3 Å². The Balaban J connectivity index is 2.13. The average Bonchev–Trinajstić information content (AvgIpc) is 2.70. The third-order valence-electron chi connectivity index (χ3n) is 4.00. The molecular formula is C14H30N2. The zero-order chi connectivity index (χ0) is 12.0. The number of nitrogens with zero attached hydrogens (tertiary/aromatic N) is 1. The van der Waals surface area contributed by atoms with Crippen LogP contribution >= 0.6 is 0 Å². The molecule has 1 aliphatic carbocycles. The number of nitrogens with one attached hydrogen (secondary N) is 1. The van der Waals surface area contributed by atoms with Crippen molar-refractivity contribution in [2.24, 2.45) is 11.8 Å². The summed E-state index contributed by atoms with van der Waals surface area (Å²) in [4.78, 5) is 2.50. The van der Waals surface area contributed by atoms with Gasteiger partial charge < -0.3 is 10.2 Å². The van der Waals surface area contributed by atoms with Gasteiger partial charge in [0.1, 0.15) is 0 Å². The van der Waals surface area contributed by atoms with E-state index in [1.54, 1.807) is 0 Å². The van der Waals surface area contributed by atoms with Gasteiger partial charge in [-0.2, -0.15) is 0 Å². The Morgan fingerprint density at radius 1 is 1.25 bits per heavy atom. The second kappa shape index (κ2) is 7.29. The minimum absolute atomic E-state index is 0.790. The smallest absolute Gasteiger partial charge is 0.00928 e. The summed E-state index contributed by atoms with van der Waals surface area (Å²) in [6.45, 7) is 7.15. The SMILES string of the molecule is CNC1CCCC1CCN(C)CCC(C)C. The normalized spacial score (nSPS) is 25.9. The van der Waals surface area contributed by atoms with Crippen LogP contribution in [0.25, 0.3) is 0 Å². The van der Waals surface area contributed by atoms with Crippen LogP contribution in [0.4, 0.5) is 0 Å². The predicted molar refractivity (Wildman–Crippen MR) is 71.8 cm³/mol. The van der Waals surface area contributed by atoms with E-state index in [2.05, 4.69) is 38.2 Å². The molecule has 1 N–H and O–H groups in total. The van der Waals surface area contributed by atoms with E-state index in [0.29, 0.717) is 0 Å². The highest BCUT2D eigenvalue weighted by molar-refractivity contribution is 4.82. The molecule has 0 aliphatic heterocycles. The van der Waals surface area contributed by atoms with Gasteiger partial charge in [0.15, 0.2) is 0 Å². The molecule has 2 unspecified atom stereocenters. The van der Waals surface area contributed by atoms with Gasteiger partial charge in [-0.3, -0.25) is 0 Å². The Bertz CT molecular complexity index is 180. The van der Waals surface area contributed by atoms with Crippen molar-refractivity contribution in [1.29, 1.82) is 0 Å². The molecule has 16 heavy (non-hydrogen) atoms. The van der Waals surface area contributed by atoms with Gasteiger partial charge in [-0.25, -0.2) is 0 Å². The monoisotopic (exact) mass is 226 g/mol. The van der Waals surface area contributed by atoms with Gasteiger partial charge in [0.2, 0.25) is 0 Å². The Morgan fingerprint density at radius 2 is 2.00 bits per heavy atom. The van der Waals surface area contributed by atoms with Crippen LogP contribution in [0, 0.1) is 11.8 Å². The number of hydrogen-bond donors (Lipinski definition) is 1. The summed E-state index contributed by atoms with van der Waals surface area (Å²) in [5.41, 5.74) is 0. The van der Waals surface area contributed by atoms with Gasteiger partial charge in [0.25, 0.3) is 0 Å². The van der Waals surface area contributed by atoms with Crippen molar-refractivity contribution in [2.45, 2.75) is 52.0 Å². The second-order valence-corrected chi connectivity index (χ2v) is 5.86. The Morgan fingerprint density at radius 3 is 2.62 bits per heavy atom. The van der Waals surface area contributed by atoms with Gasteiger partial charge in [0, 0.05) is 6.04 Å². The van der Waals surface area contributed by atoms with Crippen LogP contribution in [0.15, 0.2) is 0 Å². The minimum Gasteiger partial charge on any atom is -0.317 e. The van der Waals surface area contributed by atoms with E-state index < -0.39 is 0 Å². The topological polar surface area (TPSA) is 15.3 Å². The highest BCUT2D eigenvalue weighted by Crippen LogP contribution is 2.28. The molecule has 0 spiro atoms. The predicted octanol–water partition coefficient (Wildman–Crippen LogP) is 2.74. The molecule has 0 aromatic carbocycles. The van der Waals surface area contributed by atoms with Crippen LogP contribution in [-0.4, -0.2) is 38.1 Å². The molecule has 0 aromatic rings. The fraction of sp³-hybridized carbons (Fsp3) is 1.00. The molecular weight excluding hydrogens is 196 g/mol. The van der Waals surface area contributed by atoms with Crippen LogP contribution in [0.1, 0.15) is 46.0 Å². The molecule has 0 amide bonds. The van der Waals surface area contributed by atoms with Crippen molar-refractivity contribution in [3.05, 3.63) is 0 Å².